The Morgan fingerprint density at radius 2 is 1.82 bits per heavy atom. The van der Waals surface area contributed by atoms with Crippen molar-refractivity contribution in [3.05, 3.63) is 64.5 Å². The summed E-state index contributed by atoms with van der Waals surface area (Å²) in [6.45, 7) is 3.57. The van der Waals surface area contributed by atoms with Crippen molar-refractivity contribution < 1.29 is 18.0 Å². The van der Waals surface area contributed by atoms with Gasteiger partial charge in [-0.3, -0.25) is 14.7 Å². The monoisotopic (exact) mass is 471 g/mol. The molecule has 4 nitrogen and oxygen atoms in total. The first kappa shape index (κ1) is 23.3. The largest absolute Gasteiger partial charge is 0.416 e. The molecule has 1 amide bonds. The van der Waals surface area contributed by atoms with Crippen molar-refractivity contribution in [2.45, 2.75) is 70.1 Å². The second-order valence-corrected chi connectivity index (χ2v) is 10.3. The van der Waals surface area contributed by atoms with Crippen LogP contribution in [0.2, 0.25) is 0 Å². The van der Waals surface area contributed by atoms with Gasteiger partial charge >= 0.3 is 6.18 Å². The number of halogens is 3. The number of alkyl halides is 3. The quantitative estimate of drug-likeness (QED) is 0.608. The molecule has 2 saturated carbocycles. The van der Waals surface area contributed by atoms with Crippen LogP contribution in [0.3, 0.4) is 0 Å². The number of likely N-dealkylation sites (tertiary alicyclic amines) is 1. The SMILES string of the molecule is Cc1ccc(C(=O)NC2CC3CCC2C3)c(C2CCN(Cc3ccccc3C(F)(F)F)CC2)n1. The number of carbonyl (C=O) groups is 1. The van der Waals surface area contributed by atoms with Crippen molar-refractivity contribution in [3.8, 4) is 0 Å². The fraction of sp³-hybridized carbons (Fsp3) is 0.556. The Morgan fingerprint density at radius 1 is 1.06 bits per heavy atom. The molecule has 1 aromatic carbocycles. The maximum Gasteiger partial charge on any atom is 0.416 e. The molecule has 2 aromatic rings. The van der Waals surface area contributed by atoms with Crippen LogP contribution in [0.15, 0.2) is 36.4 Å². The predicted octanol–water partition coefficient (Wildman–Crippen LogP) is 5.71. The van der Waals surface area contributed by atoms with Crippen LogP contribution < -0.4 is 5.32 Å². The van der Waals surface area contributed by atoms with Crippen LogP contribution in [0, 0.1) is 18.8 Å². The lowest BCUT2D eigenvalue weighted by Gasteiger charge is -2.33. The second-order valence-electron chi connectivity index (χ2n) is 10.3. The molecule has 1 saturated heterocycles. The molecule has 0 radical (unpaired) electrons. The summed E-state index contributed by atoms with van der Waals surface area (Å²) in [5.41, 5.74) is 2.14. The highest BCUT2D eigenvalue weighted by Crippen LogP contribution is 2.44. The second kappa shape index (κ2) is 9.33. The molecule has 2 bridgehead atoms. The lowest BCUT2D eigenvalue weighted by Crippen LogP contribution is -2.39. The van der Waals surface area contributed by atoms with Gasteiger partial charge in [-0.25, -0.2) is 0 Å². The third-order valence-electron chi connectivity index (χ3n) is 8.05. The van der Waals surface area contributed by atoms with Crippen LogP contribution in [0.5, 0.6) is 0 Å². The molecule has 2 heterocycles. The molecule has 3 atom stereocenters. The summed E-state index contributed by atoms with van der Waals surface area (Å²) in [6.07, 6.45) is 2.03. The standard InChI is InChI=1S/C27H32F3N3O/c1-17-6-9-22(26(34)32-24-15-18-7-8-20(24)14-18)25(31-17)19-10-12-33(13-11-19)16-21-4-2-3-5-23(21)27(28,29)30/h2-6,9,18-20,24H,7-8,10-16H2,1H3,(H,32,34). The summed E-state index contributed by atoms with van der Waals surface area (Å²) in [6, 6.07) is 9.88. The van der Waals surface area contributed by atoms with Crippen LogP contribution in [-0.4, -0.2) is 34.9 Å². The molecular weight excluding hydrogens is 439 g/mol. The zero-order valence-electron chi connectivity index (χ0n) is 19.6. The molecule has 34 heavy (non-hydrogen) atoms. The highest BCUT2D eigenvalue weighted by molar-refractivity contribution is 5.95. The van der Waals surface area contributed by atoms with Crippen molar-refractivity contribution in [1.29, 1.82) is 0 Å². The average Bonchev–Trinajstić information content (AvgIpc) is 3.42. The normalized spacial score (nSPS) is 25.6. The lowest BCUT2D eigenvalue weighted by atomic mass is 9.89. The molecule has 5 rings (SSSR count). The van der Waals surface area contributed by atoms with E-state index in [9.17, 15) is 18.0 Å². The van der Waals surface area contributed by atoms with Crippen molar-refractivity contribution in [2.75, 3.05) is 13.1 Å². The van der Waals surface area contributed by atoms with Gasteiger partial charge in [-0.2, -0.15) is 13.2 Å². The van der Waals surface area contributed by atoms with Crippen molar-refractivity contribution in [3.63, 3.8) is 0 Å². The van der Waals surface area contributed by atoms with Gasteiger partial charge in [0.05, 0.1) is 16.8 Å². The Kier molecular flexibility index (Phi) is 6.40. The summed E-state index contributed by atoms with van der Waals surface area (Å²) in [5.74, 6) is 1.48. The lowest BCUT2D eigenvalue weighted by molar-refractivity contribution is -0.138. The van der Waals surface area contributed by atoms with Gasteiger partial charge in [0.1, 0.15) is 0 Å². The number of amides is 1. The number of nitrogens with zero attached hydrogens (tertiary/aromatic N) is 2. The zero-order valence-corrected chi connectivity index (χ0v) is 19.6. The van der Waals surface area contributed by atoms with Gasteiger partial charge in [-0.05, 0) is 87.7 Å². The Balaban J connectivity index is 1.25. The highest BCUT2D eigenvalue weighted by Gasteiger charge is 2.40. The number of pyridine rings is 1. The van der Waals surface area contributed by atoms with Crippen LogP contribution in [-0.2, 0) is 12.7 Å². The van der Waals surface area contributed by atoms with Crippen molar-refractivity contribution in [2.24, 2.45) is 11.8 Å². The van der Waals surface area contributed by atoms with Crippen LogP contribution >= 0.6 is 0 Å². The molecular formula is C27H32F3N3O. The number of fused-ring (bicyclic) bond motifs is 2. The Morgan fingerprint density at radius 3 is 2.50 bits per heavy atom. The molecule has 3 fully saturated rings. The number of carbonyl (C=O) groups excluding carboxylic acids is 1. The van der Waals surface area contributed by atoms with Crippen molar-refractivity contribution >= 4 is 5.91 Å². The molecule has 1 aromatic heterocycles. The van der Waals surface area contributed by atoms with E-state index >= 15 is 0 Å². The third-order valence-corrected chi connectivity index (χ3v) is 8.05. The molecule has 3 unspecified atom stereocenters. The number of rotatable bonds is 5. The van der Waals surface area contributed by atoms with E-state index in [1.54, 1.807) is 12.1 Å². The van der Waals surface area contributed by atoms with Gasteiger partial charge in [-0.15, -0.1) is 0 Å². The maximum atomic E-state index is 13.4. The zero-order chi connectivity index (χ0) is 23.9. The molecule has 7 heteroatoms. The number of hydrogen-bond donors (Lipinski definition) is 1. The van der Waals surface area contributed by atoms with Crippen molar-refractivity contribution in [1.82, 2.24) is 15.2 Å². The van der Waals surface area contributed by atoms with E-state index in [1.807, 2.05) is 19.1 Å². The molecule has 2 aliphatic carbocycles. The third kappa shape index (κ3) is 4.85. The highest BCUT2D eigenvalue weighted by atomic mass is 19.4. The van der Waals surface area contributed by atoms with E-state index in [2.05, 4.69) is 10.2 Å². The molecule has 0 spiro atoms. The summed E-state index contributed by atoms with van der Waals surface area (Å²) in [4.78, 5) is 20.1. The minimum Gasteiger partial charge on any atom is -0.349 e. The number of hydrogen-bond acceptors (Lipinski definition) is 3. The first-order valence-corrected chi connectivity index (χ1v) is 12.4. The van der Waals surface area contributed by atoms with E-state index in [0.29, 0.717) is 30.1 Å². The molecule has 1 N–H and O–H groups in total. The smallest absolute Gasteiger partial charge is 0.349 e. The summed E-state index contributed by atoms with van der Waals surface area (Å²) < 4.78 is 40.1. The number of piperidine rings is 1. The number of nitrogens with one attached hydrogen (secondary N) is 1. The number of aryl methyl sites for hydroxylation is 1. The van der Waals surface area contributed by atoms with Gasteiger partial charge in [0.2, 0.25) is 0 Å². The number of benzene rings is 1. The maximum absolute atomic E-state index is 13.4. The minimum absolute atomic E-state index is 0.0263. The summed E-state index contributed by atoms with van der Waals surface area (Å²) in [5, 5.41) is 3.29. The molecule has 1 aliphatic heterocycles. The minimum atomic E-state index is -4.35. The van der Waals surface area contributed by atoms with Crippen LogP contribution in [0.4, 0.5) is 13.2 Å². The Bertz CT molecular complexity index is 1050. The molecule has 3 aliphatic rings. The fourth-order valence-corrected chi connectivity index (χ4v) is 6.29. The predicted molar refractivity (Wildman–Crippen MR) is 124 cm³/mol. The van der Waals surface area contributed by atoms with E-state index in [0.717, 1.165) is 42.6 Å². The topological polar surface area (TPSA) is 45.2 Å². The van der Waals surface area contributed by atoms with Crippen LogP contribution in [0.25, 0.3) is 0 Å². The van der Waals surface area contributed by atoms with E-state index in [-0.39, 0.29) is 24.4 Å². The van der Waals surface area contributed by atoms with Gasteiger partial charge in [-0.1, -0.05) is 24.6 Å². The van der Waals surface area contributed by atoms with Gasteiger partial charge in [0.25, 0.3) is 5.91 Å². The Labute approximate surface area is 198 Å². The van der Waals surface area contributed by atoms with E-state index < -0.39 is 11.7 Å². The van der Waals surface area contributed by atoms with Gasteiger partial charge in [0.15, 0.2) is 0 Å². The average molecular weight is 472 g/mol. The van der Waals surface area contributed by atoms with Crippen LogP contribution in [0.1, 0.15) is 77.3 Å². The molecule has 182 valence electrons. The first-order valence-electron chi connectivity index (χ1n) is 12.4. The Hall–Kier alpha value is -2.41. The fourth-order valence-electron chi connectivity index (χ4n) is 6.29. The van der Waals surface area contributed by atoms with E-state index in [4.69, 9.17) is 4.98 Å². The van der Waals surface area contributed by atoms with Gasteiger partial charge in [0, 0.05) is 24.2 Å². The summed E-state index contributed by atoms with van der Waals surface area (Å²) >= 11 is 0. The van der Waals surface area contributed by atoms with Gasteiger partial charge < -0.3 is 5.32 Å². The summed E-state index contributed by atoms with van der Waals surface area (Å²) in [7, 11) is 0. The van der Waals surface area contributed by atoms with E-state index in [1.165, 1.54) is 25.3 Å². The number of aromatic nitrogens is 1. The first-order chi connectivity index (χ1) is 16.3.